The molecular formula is C22H26Cl2N2O3. The Kier molecular flexibility index (Phi) is 6.42. The highest BCUT2D eigenvalue weighted by Gasteiger charge is 2.45. The van der Waals surface area contributed by atoms with Crippen LogP contribution in [0.5, 0.6) is 0 Å². The maximum absolute atomic E-state index is 12.5. The molecule has 1 aliphatic heterocycles. The second-order valence-corrected chi connectivity index (χ2v) is 9.22. The number of hydrogen-bond acceptors (Lipinski definition) is 4. The second-order valence-electron chi connectivity index (χ2n) is 8.41. The van der Waals surface area contributed by atoms with Crippen LogP contribution in [-0.4, -0.2) is 39.8 Å². The maximum Gasteiger partial charge on any atom is 0.410 e. The van der Waals surface area contributed by atoms with Gasteiger partial charge in [0.2, 0.25) is 0 Å². The molecule has 2 aromatic rings. The van der Waals surface area contributed by atoms with Crippen LogP contribution in [0, 0.1) is 0 Å². The average Bonchev–Trinajstić information content (AvgIpc) is 2.69. The first-order valence-corrected chi connectivity index (χ1v) is 10.4. The number of rotatable bonds is 3. The van der Waals surface area contributed by atoms with Gasteiger partial charge in [-0.15, -0.1) is 0 Å². The number of aliphatic hydroxyl groups excluding tert-OH is 1. The van der Waals surface area contributed by atoms with E-state index in [1.807, 2.05) is 45.0 Å². The van der Waals surface area contributed by atoms with E-state index in [1.165, 1.54) is 0 Å². The molecule has 3 rings (SSSR count). The summed E-state index contributed by atoms with van der Waals surface area (Å²) in [4.78, 5) is 18.5. The van der Waals surface area contributed by atoms with E-state index in [9.17, 15) is 9.90 Å². The van der Waals surface area contributed by atoms with Crippen LogP contribution in [-0.2, 0) is 10.2 Å². The zero-order chi connectivity index (χ0) is 21.2. The number of nitrogens with zero attached hydrogens (tertiary/aromatic N) is 2. The second kappa shape index (κ2) is 8.50. The van der Waals surface area contributed by atoms with E-state index in [0.29, 0.717) is 41.7 Å². The smallest absolute Gasteiger partial charge is 0.410 e. The van der Waals surface area contributed by atoms with Crippen LogP contribution in [0.1, 0.15) is 51.0 Å². The largest absolute Gasteiger partial charge is 0.444 e. The third-order valence-electron chi connectivity index (χ3n) is 5.29. The Hall–Kier alpha value is -1.82. The van der Waals surface area contributed by atoms with Crippen LogP contribution in [0.3, 0.4) is 0 Å². The average molecular weight is 437 g/mol. The minimum absolute atomic E-state index is 0.340. The number of benzene rings is 1. The minimum Gasteiger partial charge on any atom is -0.444 e. The van der Waals surface area contributed by atoms with Gasteiger partial charge in [0.1, 0.15) is 11.7 Å². The Morgan fingerprint density at radius 3 is 2.41 bits per heavy atom. The van der Waals surface area contributed by atoms with Crippen LogP contribution < -0.4 is 0 Å². The summed E-state index contributed by atoms with van der Waals surface area (Å²) in [7, 11) is 0. The summed E-state index contributed by atoms with van der Waals surface area (Å²) >= 11 is 12.4. The first-order chi connectivity index (χ1) is 13.6. The molecule has 0 aliphatic carbocycles. The number of amides is 1. The number of likely N-dealkylation sites (tertiary alicyclic amines) is 1. The standard InChI is InChI=1S/C22H26Cl2N2O3/c1-21(2,3)29-20(28)26-12-9-22(10-13-26,15-7-8-16(23)17(24)14-15)19(27)18-6-4-5-11-25-18/h4-8,11,14,19,27H,9-10,12-13H2,1-3H3. The summed E-state index contributed by atoms with van der Waals surface area (Å²) in [5, 5.41) is 12.2. The summed E-state index contributed by atoms with van der Waals surface area (Å²) < 4.78 is 5.50. The third-order valence-corrected chi connectivity index (χ3v) is 6.03. The van der Waals surface area contributed by atoms with Crippen molar-refractivity contribution >= 4 is 29.3 Å². The van der Waals surface area contributed by atoms with Crippen molar-refractivity contribution in [3.63, 3.8) is 0 Å². The van der Waals surface area contributed by atoms with Gasteiger partial charge in [-0.3, -0.25) is 4.98 Å². The van der Waals surface area contributed by atoms with Crippen LogP contribution in [0.15, 0.2) is 42.6 Å². The van der Waals surface area contributed by atoms with E-state index in [-0.39, 0.29) is 6.09 Å². The fourth-order valence-corrected chi connectivity index (χ4v) is 4.06. The van der Waals surface area contributed by atoms with Crippen molar-refractivity contribution in [2.75, 3.05) is 13.1 Å². The monoisotopic (exact) mass is 436 g/mol. The lowest BCUT2D eigenvalue weighted by Gasteiger charge is -2.45. The highest BCUT2D eigenvalue weighted by atomic mass is 35.5. The van der Waals surface area contributed by atoms with Crippen molar-refractivity contribution in [2.45, 2.75) is 50.7 Å². The lowest BCUT2D eigenvalue weighted by atomic mass is 9.68. The van der Waals surface area contributed by atoms with Gasteiger partial charge in [0, 0.05) is 24.7 Å². The van der Waals surface area contributed by atoms with Crippen LogP contribution in [0.25, 0.3) is 0 Å². The predicted molar refractivity (Wildman–Crippen MR) is 114 cm³/mol. The first kappa shape index (κ1) is 21.9. The number of ether oxygens (including phenoxy) is 1. The van der Waals surface area contributed by atoms with E-state index < -0.39 is 17.1 Å². The third kappa shape index (κ3) is 4.85. The van der Waals surface area contributed by atoms with Gasteiger partial charge in [-0.1, -0.05) is 35.3 Å². The number of carbonyl (C=O) groups is 1. The number of piperidine rings is 1. The highest BCUT2D eigenvalue weighted by molar-refractivity contribution is 6.42. The Balaban J connectivity index is 1.91. The molecule has 1 aliphatic rings. The molecule has 0 saturated carbocycles. The van der Waals surface area contributed by atoms with Gasteiger partial charge in [-0.2, -0.15) is 0 Å². The summed E-state index contributed by atoms with van der Waals surface area (Å²) in [5.41, 5.74) is 0.280. The van der Waals surface area contributed by atoms with Gasteiger partial charge in [-0.25, -0.2) is 4.79 Å². The van der Waals surface area contributed by atoms with Crippen molar-refractivity contribution in [3.05, 3.63) is 63.9 Å². The Morgan fingerprint density at radius 2 is 1.86 bits per heavy atom. The fourth-order valence-electron chi connectivity index (χ4n) is 3.76. The molecule has 1 fully saturated rings. The number of halogens is 2. The molecule has 1 aromatic carbocycles. The van der Waals surface area contributed by atoms with Gasteiger partial charge in [-0.05, 0) is 63.4 Å². The molecule has 0 bridgehead atoms. The molecule has 7 heteroatoms. The molecule has 0 spiro atoms. The van der Waals surface area contributed by atoms with Crippen LogP contribution >= 0.6 is 23.2 Å². The summed E-state index contributed by atoms with van der Waals surface area (Å²) in [6.07, 6.45) is 1.56. The van der Waals surface area contributed by atoms with Gasteiger partial charge < -0.3 is 14.7 Å². The summed E-state index contributed by atoms with van der Waals surface area (Å²) in [6.45, 7) is 6.46. The molecule has 1 amide bonds. The minimum atomic E-state index is -0.846. The summed E-state index contributed by atoms with van der Waals surface area (Å²) in [6, 6.07) is 10.9. The molecule has 1 N–H and O–H groups in total. The Bertz CT molecular complexity index is 860. The molecule has 0 radical (unpaired) electrons. The number of aromatic nitrogens is 1. The zero-order valence-corrected chi connectivity index (χ0v) is 18.4. The number of aliphatic hydroxyl groups is 1. The molecule has 5 nitrogen and oxygen atoms in total. The lowest BCUT2D eigenvalue weighted by Crippen LogP contribution is -2.49. The number of hydrogen-bond donors (Lipinski definition) is 1. The van der Waals surface area contributed by atoms with Crippen molar-refractivity contribution in [1.82, 2.24) is 9.88 Å². The first-order valence-electron chi connectivity index (χ1n) is 9.65. The predicted octanol–water partition coefficient (Wildman–Crippen LogP) is 5.39. The molecule has 29 heavy (non-hydrogen) atoms. The van der Waals surface area contributed by atoms with E-state index in [4.69, 9.17) is 27.9 Å². The van der Waals surface area contributed by atoms with Gasteiger partial charge >= 0.3 is 6.09 Å². The Labute approximate surface area is 181 Å². The van der Waals surface area contributed by atoms with E-state index in [1.54, 1.807) is 23.2 Å². The van der Waals surface area contributed by atoms with Crippen LogP contribution in [0.4, 0.5) is 4.79 Å². The molecule has 1 saturated heterocycles. The van der Waals surface area contributed by atoms with E-state index in [2.05, 4.69) is 4.98 Å². The molecule has 156 valence electrons. The summed E-state index contributed by atoms with van der Waals surface area (Å²) in [5.74, 6) is 0. The SMILES string of the molecule is CC(C)(C)OC(=O)N1CCC(c2ccc(Cl)c(Cl)c2)(C(O)c2ccccn2)CC1. The number of carbonyl (C=O) groups excluding carboxylic acids is 1. The van der Waals surface area contributed by atoms with E-state index in [0.717, 1.165) is 5.56 Å². The molecular weight excluding hydrogens is 411 g/mol. The number of pyridine rings is 1. The van der Waals surface area contributed by atoms with Crippen molar-refractivity contribution in [2.24, 2.45) is 0 Å². The van der Waals surface area contributed by atoms with Gasteiger partial charge in [0.15, 0.2) is 0 Å². The van der Waals surface area contributed by atoms with Crippen molar-refractivity contribution in [3.8, 4) is 0 Å². The van der Waals surface area contributed by atoms with Crippen molar-refractivity contribution < 1.29 is 14.6 Å². The molecule has 2 heterocycles. The topological polar surface area (TPSA) is 62.7 Å². The van der Waals surface area contributed by atoms with Gasteiger partial charge in [0.05, 0.1) is 15.7 Å². The van der Waals surface area contributed by atoms with Crippen LogP contribution in [0.2, 0.25) is 10.0 Å². The molecule has 1 aromatic heterocycles. The zero-order valence-electron chi connectivity index (χ0n) is 16.9. The van der Waals surface area contributed by atoms with Crippen molar-refractivity contribution in [1.29, 1.82) is 0 Å². The lowest BCUT2D eigenvalue weighted by molar-refractivity contribution is -0.00315. The molecule has 1 atom stereocenters. The molecule has 1 unspecified atom stereocenters. The Morgan fingerprint density at radius 1 is 1.17 bits per heavy atom. The quantitative estimate of drug-likeness (QED) is 0.700. The maximum atomic E-state index is 12.5. The van der Waals surface area contributed by atoms with E-state index >= 15 is 0 Å². The van der Waals surface area contributed by atoms with Gasteiger partial charge in [0.25, 0.3) is 0 Å². The highest BCUT2D eigenvalue weighted by Crippen LogP contribution is 2.46. The normalized spacial score (nSPS) is 17.7. The fraction of sp³-hybridized carbons (Fsp3) is 0.455.